The van der Waals surface area contributed by atoms with Gasteiger partial charge in [0.15, 0.2) is 0 Å². The summed E-state index contributed by atoms with van der Waals surface area (Å²) >= 11 is 0. The summed E-state index contributed by atoms with van der Waals surface area (Å²) < 4.78 is 0. The van der Waals surface area contributed by atoms with Crippen LogP contribution in [-0.4, -0.2) is 29.5 Å². The number of benzene rings is 1. The number of nitrogens with one attached hydrogen (secondary N) is 2. The molecule has 0 heterocycles. The Morgan fingerprint density at radius 3 is 2.00 bits per heavy atom. The van der Waals surface area contributed by atoms with E-state index >= 15 is 0 Å². The number of aliphatic hydroxyl groups is 1. The van der Waals surface area contributed by atoms with E-state index in [1.54, 1.807) is 24.3 Å². The zero-order valence-corrected chi connectivity index (χ0v) is 15.7. The lowest BCUT2D eigenvalue weighted by atomic mass is 10.1. The lowest BCUT2D eigenvalue weighted by molar-refractivity contribution is -0.125. The summed E-state index contributed by atoms with van der Waals surface area (Å²) in [5.74, 6) is -0.652. The number of hydrogen-bond donors (Lipinski definition) is 4. The first-order valence-corrected chi connectivity index (χ1v) is 8.47. The maximum absolute atomic E-state index is 11.6. The molecule has 1 rings (SSSR count). The Hall–Kier alpha value is -1.92. The maximum atomic E-state index is 11.6. The number of hydrogen-bond acceptors (Lipinski definition) is 4. The number of anilines is 1. The molecule has 0 saturated heterocycles. The van der Waals surface area contributed by atoms with Crippen molar-refractivity contribution in [3.05, 3.63) is 29.8 Å². The molecule has 0 aliphatic rings. The summed E-state index contributed by atoms with van der Waals surface area (Å²) in [5.41, 5.74) is 7.03. The first-order chi connectivity index (χ1) is 11.4. The van der Waals surface area contributed by atoms with Crippen molar-refractivity contribution in [1.82, 2.24) is 5.32 Å². The van der Waals surface area contributed by atoms with Gasteiger partial charge in [-0.3, -0.25) is 9.59 Å². The van der Waals surface area contributed by atoms with Gasteiger partial charge in [0.25, 0.3) is 0 Å². The van der Waals surface area contributed by atoms with E-state index in [0.29, 0.717) is 5.69 Å². The van der Waals surface area contributed by atoms with Crippen molar-refractivity contribution in [3.8, 4) is 0 Å². The third kappa shape index (κ3) is 9.97. The molecule has 2 amide bonds. The molecular formula is C18H33N3O3. The molecular weight excluding hydrogens is 306 g/mol. The number of carbonyl (C=O) groups is 2. The van der Waals surface area contributed by atoms with Crippen molar-refractivity contribution < 1.29 is 14.7 Å². The molecule has 1 atom stereocenters. The minimum Gasteiger partial charge on any atom is -0.392 e. The smallest absolute Gasteiger partial charge is 0.243 e. The van der Waals surface area contributed by atoms with Crippen LogP contribution < -0.4 is 16.4 Å². The van der Waals surface area contributed by atoms with Gasteiger partial charge >= 0.3 is 0 Å². The van der Waals surface area contributed by atoms with Gasteiger partial charge in [-0.25, -0.2) is 0 Å². The van der Waals surface area contributed by atoms with Gasteiger partial charge in [0, 0.05) is 5.69 Å². The molecule has 0 aliphatic carbocycles. The van der Waals surface area contributed by atoms with E-state index in [9.17, 15) is 9.59 Å². The van der Waals surface area contributed by atoms with Crippen LogP contribution in [-0.2, 0) is 16.2 Å². The molecule has 0 saturated carbocycles. The highest BCUT2D eigenvalue weighted by molar-refractivity contribution is 5.95. The minimum absolute atomic E-state index is 0.0177. The van der Waals surface area contributed by atoms with Crippen LogP contribution >= 0.6 is 0 Å². The van der Waals surface area contributed by atoms with Crippen LogP contribution in [0.4, 0.5) is 5.69 Å². The predicted molar refractivity (Wildman–Crippen MR) is 99.5 cm³/mol. The van der Waals surface area contributed by atoms with Gasteiger partial charge in [-0.05, 0) is 23.6 Å². The van der Waals surface area contributed by atoms with Gasteiger partial charge in [0.05, 0.1) is 19.2 Å². The molecule has 5 N–H and O–H groups in total. The molecule has 0 radical (unpaired) electrons. The fraction of sp³-hybridized carbons (Fsp3) is 0.556. The molecule has 6 heteroatoms. The van der Waals surface area contributed by atoms with E-state index < -0.39 is 6.04 Å². The standard InChI is InChI=1S/C14H21N3O3.2C2H6/c1-9(2)13(15)14(20)16-7-12(19)17-11-5-3-10(8-18)4-6-11;2*1-2/h3-6,9,13,18H,7-8,15H2,1-2H3,(H,16,20)(H,17,19);2*1-2H3. The van der Waals surface area contributed by atoms with E-state index in [4.69, 9.17) is 10.8 Å². The number of carbonyl (C=O) groups excluding carboxylic acids is 2. The summed E-state index contributed by atoms with van der Waals surface area (Å²) in [7, 11) is 0. The summed E-state index contributed by atoms with van der Waals surface area (Å²) in [5, 5.41) is 14.0. The van der Waals surface area contributed by atoms with Gasteiger partial charge in [-0.1, -0.05) is 53.7 Å². The Bertz CT molecular complexity index is 459. The van der Waals surface area contributed by atoms with Crippen LogP contribution in [0.3, 0.4) is 0 Å². The Morgan fingerprint density at radius 2 is 1.58 bits per heavy atom. The van der Waals surface area contributed by atoms with Gasteiger partial charge in [-0.2, -0.15) is 0 Å². The number of amides is 2. The molecule has 0 fully saturated rings. The summed E-state index contributed by atoms with van der Waals surface area (Å²) in [6, 6.07) is 6.17. The summed E-state index contributed by atoms with van der Waals surface area (Å²) in [6.45, 7) is 11.5. The Kier molecular flexibility index (Phi) is 14.9. The van der Waals surface area contributed by atoms with E-state index in [1.807, 2.05) is 41.5 Å². The molecule has 1 unspecified atom stereocenters. The molecule has 0 aromatic heterocycles. The third-order valence-electron chi connectivity index (χ3n) is 2.86. The van der Waals surface area contributed by atoms with Crippen molar-refractivity contribution in [1.29, 1.82) is 0 Å². The topological polar surface area (TPSA) is 104 Å². The molecule has 138 valence electrons. The first kappa shape index (κ1) is 24.3. The molecule has 1 aromatic carbocycles. The fourth-order valence-corrected chi connectivity index (χ4v) is 1.49. The molecule has 1 aromatic rings. The van der Waals surface area contributed by atoms with Crippen LogP contribution in [0.25, 0.3) is 0 Å². The van der Waals surface area contributed by atoms with Crippen LogP contribution in [0.15, 0.2) is 24.3 Å². The average molecular weight is 339 g/mol. The first-order valence-electron chi connectivity index (χ1n) is 8.47. The lowest BCUT2D eigenvalue weighted by Gasteiger charge is -2.15. The van der Waals surface area contributed by atoms with Gasteiger partial charge in [0.1, 0.15) is 0 Å². The van der Waals surface area contributed by atoms with Crippen molar-refractivity contribution in [2.45, 2.75) is 54.2 Å². The van der Waals surface area contributed by atoms with Crippen LogP contribution in [0.1, 0.15) is 47.1 Å². The highest BCUT2D eigenvalue weighted by Gasteiger charge is 2.17. The van der Waals surface area contributed by atoms with E-state index in [1.165, 1.54) is 0 Å². The summed E-state index contributed by atoms with van der Waals surface area (Å²) in [6.07, 6.45) is 0. The predicted octanol–water partition coefficient (Wildman–Crippen LogP) is 2.27. The number of rotatable bonds is 6. The second-order valence-electron chi connectivity index (χ2n) is 4.89. The van der Waals surface area contributed by atoms with Crippen molar-refractivity contribution >= 4 is 17.5 Å². The molecule has 0 spiro atoms. The van der Waals surface area contributed by atoms with Crippen LogP contribution in [0, 0.1) is 5.92 Å². The fourth-order valence-electron chi connectivity index (χ4n) is 1.49. The third-order valence-corrected chi connectivity index (χ3v) is 2.86. The zero-order chi connectivity index (χ0) is 19.1. The molecule has 0 bridgehead atoms. The largest absolute Gasteiger partial charge is 0.392 e. The normalized spacial score (nSPS) is 10.5. The monoisotopic (exact) mass is 339 g/mol. The Morgan fingerprint density at radius 1 is 1.08 bits per heavy atom. The number of aliphatic hydroxyl groups excluding tert-OH is 1. The van der Waals surface area contributed by atoms with Crippen LogP contribution in [0.5, 0.6) is 0 Å². The molecule has 24 heavy (non-hydrogen) atoms. The van der Waals surface area contributed by atoms with E-state index in [2.05, 4.69) is 10.6 Å². The van der Waals surface area contributed by atoms with Gasteiger partial charge in [-0.15, -0.1) is 0 Å². The van der Waals surface area contributed by atoms with E-state index in [0.717, 1.165) is 5.56 Å². The summed E-state index contributed by atoms with van der Waals surface area (Å²) in [4.78, 5) is 23.2. The SMILES string of the molecule is CC.CC.CC(C)C(N)C(=O)NCC(=O)Nc1ccc(CO)cc1. The molecule has 6 nitrogen and oxygen atoms in total. The zero-order valence-electron chi connectivity index (χ0n) is 15.7. The average Bonchev–Trinajstić information content (AvgIpc) is 2.63. The highest BCUT2D eigenvalue weighted by Crippen LogP contribution is 2.09. The van der Waals surface area contributed by atoms with Crippen molar-refractivity contribution in [2.75, 3.05) is 11.9 Å². The van der Waals surface area contributed by atoms with Crippen molar-refractivity contribution in [2.24, 2.45) is 11.7 Å². The molecule has 0 aliphatic heterocycles. The van der Waals surface area contributed by atoms with Crippen molar-refractivity contribution in [3.63, 3.8) is 0 Å². The van der Waals surface area contributed by atoms with E-state index in [-0.39, 0.29) is 30.9 Å². The second-order valence-corrected chi connectivity index (χ2v) is 4.89. The minimum atomic E-state index is -0.619. The lowest BCUT2D eigenvalue weighted by Crippen LogP contribution is -2.46. The highest BCUT2D eigenvalue weighted by atomic mass is 16.3. The second kappa shape index (κ2) is 14.7. The van der Waals surface area contributed by atoms with Crippen LogP contribution in [0.2, 0.25) is 0 Å². The number of nitrogens with two attached hydrogens (primary N) is 1. The Balaban J connectivity index is 0. The quantitative estimate of drug-likeness (QED) is 0.638. The Labute approximate surface area is 145 Å². The van der Waals surface area contributed by atoms with Gasteiger partial charge < -0.3 is 21.5 Å². The van der Waals surface area contributed by atoms with Gasteiger partial charge in [0.2, 0.25) is 11.8 Å². The maximum Gasteiger partial charge on any atom is 0.243 e.